The van der Waals surface area contributed by atoms with Crippen LogP contribution in [0.3, 0.4) is 0 Å². The van der Waals surface area contributed by atoms with E-state index in [1.54, 1.807) is 0 Å². The van der Waals surface area contributed by atoms with Crippen LogP contribution in [-0.4, -0.2) is 57.3 Å². The predicted octanol–water partition coefficient (Wildman–Crippen LogP) is 17.2. The van der Waals surface area contributed by atoms with E-state index in [4.69, 9.17) is 0 Å². The molecule has 4 atom stereocenters. The molecule has 0 fully saturated rings. The molecule has 0 bridgehead atoms. The molecule has 6 heteroatoms. The van der Waals surface area contributed by atoms with Crippen molar-refractivity contribution in [3.8, 4) is 0 Å². The molecule has 1 amide bonds. The molecule has 390 valence electrons. The zero-order chi connectivity index (χ0) is 48.1. The molecule has 0 spiro atoms. The van der Waals surface area contributed by atoms with Crippen molar-refractivity contribution >= 4 is 5.91 Å². The van der Waals surface area contributed by atoms with Crippen molar-refractivity contribution in [2.45, 2.75) is 334 Å². The Labute approximate surface area is 411 Å². The van der Waals surface area contributed by atoms with Crippen LogP contribution in [0.25, 0.3) is 0 Å². The number of hydrogen-bond acceptors (Lipinski definition) is 5. The molecule has 0 rings (SSSR count). The van der Waals surface area contributed by atoms with Gasteiger partial charge in [-0.25, -0.2) is 0 Å². The molecule has 4 unspecified atom stereocenters. The zero-order valence-electron chi connectivity index (χ0n) is 44.2. The van der Waals surface area contributed by atoms with Gasteiger partial charge in [-0.15, -0.1) is 0 Å². The minimum absolute atomic E-state index is 0.362. The van der Waals surface area contributed by atoms with Gasteiger partial charge in [-0.1, -0.05) is 281 Å². The van der Waals surface area contributed by atoms with Gasteiger partial charge in [-0.3, -0.25) is 4.79 Å². The number of aliphatic hydroxyl groups excluding tert-OH is 4. The third-order valence-corrected chi connectivity index (χ3v) is 13.8. The molecule has 0 aliphatic heterocycles. The van der Waals surface area contributed by atoms with Crippen molar-refractivity contribution in [1.82, 2.24) is 5.32 Å². The topological polar surface area (TPSA) is 110 Å². The van der Waals surface area contributed by atoms with Gasteiger partial charge in [-0.05, 0) is 64.2 Å². The number of unbranched alkanes of at least 4 members (excludes halogenated alkanes) is 39. The lowest BCUT2D eigenvalue weighted by atomic mass is 10.00. The highest BCUT2D eigenvalue weighted by Gasteiger charge is 2.28. The van der Waals surface area contributed by atoms with Crippen LogP contribution < -0.4 is 5.32 Å². The molecule has 0 aromatic heterocycles. The van der Waals surface area contributed by atoms with Crippen molar-refractivity contribution in [1.29, 1.82) is 0 Å². The van der Waals surface area contributed by atoms with Crippen LogP contribution in [0.2, 0.25) is 0 Å². The van der Waals surface area contributed by atoms with Gasteiger partial charge in [0.2, 0.25) is 5.91 Å². The predicted molar refractivity (Wildman–Crippen MR) is 288 cm³/mol. The highest BCUT2D eigenvalue weighted by molar-refractivity contribution is 5.80. The zero-order valence-corrected chi connectivity index (χ0v) is 44.2. The minimum atomic E-state index is -1.29. The lowest BCUT2D eigenvalue weighted by Crippen LogP contribution is -2.53. The van der Waals surface area contributed by atoms with E-state index >= 15 is 0 Å². The van der Waals surface area contributed by atoms with Crippen LogP contribution in [0.5, 0.6) is 0 Å². The summed E-state index contributed by atoms with van der Waals surface area (Å²) in [6.07, 6.45) is 67.9. The number of aliphatic hydroxyl groups is 4. The molecule has 0 radical (unpaired) electrons. The van der Waals surface area contributed by atoms with E-state index in [0.29, 0.717) is 19.3 Å². The molecule has 0 heterocycles. The maximum Gasteiger partial charge on any atom is 0.249 e. The Morgan fingerprint density at radius 3 is 0.955 bits per heavy atom. The van der Waals surface area contributed by atoms with Crippen molar-refractivity contribution in [3.63, 3.8) is 0 Å². The summed E-state index contributed by atoms with van der Waals surface area (Å²) in [4.78, 5) is 12.6. The molecular weight excluding hydrogens is 815 g/mol. The summed E-state index contributed by atoms with van der Waals surface area (Å²) >= 11 is 0. The van der Waals surface area contributed by atoms with E-state index in [0.717, 1.165) is 51.4 Å². The van der Waals surface area contributed by atoms with Crippen molar-refractivity contribution in [3.05, 3.63) is 36.5 Å². The van der Waals surface area contributed by atoms with Gasteiger partial charge >= 0.3 is 0 Å². The number of amides is 1. The van der Waals surface area contributed by atoms with Crippen LogP contribution in [0, 0.1) is 0 Å². The highest BCUT2D eigenvalue weighted by Crippen LogP contribution is 2.18. The standard InChI is InChI=1S/C60H115NO5/c1-3-5-7-9-11-13-15-17-19-21-23-25-27-29-31-33-35-37-39-41-43-45-47-49-51-53-57(63)59(65)56(55-62)61-60(66)58(64)54-52-50-48-46-44-42-40-38-36-34-32-30-28-26-24-22-20-18-16-14-12-10-8-6-4-2/h29,31,37,39,45,47,56-59,62-65H,3-28,30,32-36,38,40-44,46,48-55H2,1-2H3,(H,61,66)/b31-29+,39-37+,47-45+. The Balaban J connectivity index is 3.68. The van der Waals surface area contributed by atoms with Crippen LogP contribution in [0.15, 0.2) is 36.5 Å². The number of allylic oxidation sites excluding steroid dienone is 6. The molecule has 0 saturated carbocycles. The summed E-state index contributed by atoms with van der Waals surface area (Å²) in [6.45, 7) is 4.07. The number of nitrogens with one attached hydrogen (secondary N) is 1. The summed E-state index contributed by atoms with van der Waals surface area (Å²) in [5, 5.41) is 44.0. The largest absolute Gasteiger partial charge is 0.394 e. The van der Waals surface area contributed by atoms with Gasteiger partial charge in [0.15, 0.2) is 0 Å². The van der Waals surface area contributed by atoms with E-state index in [2.05, 4.69) is 55.6 Å². The lowest BCUT2D eigenvalue weighted by molar-refractivity contribution is -0.132. The Bertz CT molecular complexity index is 1040. The van der Waals surface area contributed by atoms with Crippen molar-refractivity contribution in [2.75, 3.05) is 6.61 Å². The third kappa shape index (κ3) is 47.6. The fourth-order valence-corrected chi connectivity index (χ4v) is 9.20. The van der Waals surface area contributed by atoms with Crippen LogP contribution in [-0.2, 0) is 4.79 Å². The maximum atomic E-state index is 12.6. The number of rotatable bonds is 54. The lowest BCUT2D eigenvalue weighted by Gasteiger charge is -2.27. The molecule has 0 saturated heterocycles. The van der Waals surface area contributed by atoms with E-state index in [1.807, 2.05) is 0 Å². The van der Waals surface area contributed by atoms with Gasteiger partial charge in [0.1, 0.15) is 12.2 Å². The van der Waals surface area contributed by atoms with E-state index < -0.39 is 36.9 Å². The molecule has 0 aromatic carbocycles. The molecule has 5 N–H and O–H groups in total. The fourth-order valence-electron chi connectivity index (χ4n) is 9.20. The summed E-state index contributed by atoms with van der Waals surface area (Å²) in [5.74, 6) is -0.594. The van der Waals surface area contributed by atoms with Crippen LogP contribution in [0.1, 0.15) is 309 Å². The first kappa shape index (κ1) is 64.5. The Morgan fingerprint density at radius 2 is 0.636 bits per heavy atom. The third-order valence-electron chi connectivity index (χ3n) is 13.8. The second-order valence-electron chi connectivity index (χ2n) is 20.3. The monoisotopic (exact) mass is 930 g/mol. The molecule has 6 nitrogen and oxygen atoms in total. The number of hydrogen-bond donors (Lipinski definition) is 5. The fraction of sp³-hybridized carbons (Fsp3) is 0.883. The maximum absolute atomic E-state index is 12.6. The van der Waals surface area contributed by atoms with E-state index in [9.17, 15) is 25.2 Å². The summed E-state index contributed by atoms with van der Waals surface area (Å²) in [6, 6.07) is -1.01. The van der Waals surface area contributed by atoms with Gasteiger partial charge in [0.25, 0.3) is 0 Å². The Morgan fingerprint density at radius 1 is 0.364 bits per heavy atom. The van der Waals surface area contributed by atoms with E-state index in [1.165, 1.54) is 225 Å². The normalized spacial score (nSPS) is 14.0. The molecule has 66 heavy (non-hydrogen) atoms. The van der Waals surface area contributed by atoms with Crippen molar-refractivity contribution in [2.24, 2.45) is 0 Å². The SMILES string of the molecule is CCCCCCCCCCCCCC/C=C/CC/C=C/CC/C=C/CCCC(O)C(O)C(CO)NC(=O)C(O)CCCCCCCCCCCCCCCCCCCCCCCCCCC. The Hall–Kier alpha value is -1.47. The minimum Gasteiger partial charge on any atom is -0.394 e. The van der Waals surface area contributed by atoms with Gasteiger partial charge in [-0.2, -0.15) is 0 Å². The highest BCUT2D eigenvalue weighted by atomic mass is 16.3. The summed E-state index contributed by atoms with van der Waals surface area (Å²) < 4.78 is 0. The molecule has 0 aliphatic rings. The second-order valence-corrected chi connectivity index (χ2v) is 20.3. The van der Waals surface area contributed by atoms with Crippen LogP contribution >= 0.6 is 0 Å². The first-order valence-corrected chi connectivity index (χ1v) is 29.4. The summed E-state index contributed by atoms with van der Waals surface area (Å²) in [7, 11) is 0. The van der Waals surface area contributed by atoms with Gasteiger partial charge in [0.05, 0.1) is 18.8 Å². The van der Waals surface area contributed by atoms with Gasteiger partial charge < -0.3 is 25.7 Å². The van der Waals surface area contributed by atoms with Gasteiger partial charge in [0, 0.05) is 0 Å². The summed E-state index contributed by atoms with van der Waals surface area (Å²) in [5.41, 5.74) is 0. The average molecular weight is 931 g/mol. The first-order valence-electron chi connectivity index (χ1n) is 29.4. The second kappa shape index (κ2) is 54.5. The number of carbonyl (C=O) groups excluding carboxylic acids is 1. The quantitative estimate of drug-likeness (QED) is 0.0308. The van der Waals surface area contributed by atoms with Crippen molar-refractivity contribution < 1.29 is 25.2 Å². The molecule has 0 aliphatic carbocycles. The number of carbonyl (C=O) groups is 1. The first-order chi connectivity index (χ1) is 32.5. The average Bonchev–Trinajstić information content (AvgIpc) is 3.32. The molecular formula is C60H115NO5. The smallest absolute Gasteiger partial charge is 0.249 e. The van der Waals surface area contributed by atoms with E-state index in [-0.39, 0.29) is 0 Å². The van der Waals surface area contributed by atoms with Crippen LogP contribution in [0.4, 0.5) is 0 Å². The Kier molecular flexibility index (Phi) is 53.3. The molecule has 0 aromatic rings.